The lowest BCUT2D eigenvalue weighted by Crippen LogP contribution is -3.13. The molecular weight excluding hydrogens is 294 g/mol. The van der Waals surface area contributed by atoms with Gasteiger partial charge in [-0.25, -0.2) is 0 Å². The molecule has 2 N–H and O–H groups in total. The summed E-state index contributed by atoms with van der Waals surface area (Å²) < 4.78 is 0. The van der Waals surface area contributed by atoms with Gasteiger partial charge in [-0.2, -0.15) is 5.26 Å². The van der Waals surface area contributed by atoms with E-state index in [4.69, 9.17) is 0 Å². The average molecular weight is 318 g/mol. The van der Waals surface area contributed by atoms with Crippen LogP contribution in [0.4, 0.5) is 5.00 Å². The molecule has 0 saturated carbocycles. The molecule has 1 aromatic heterocycles. The van der Waals surface area contributed by atoms with Gasteiger partial charge in [0.25, 0.3) is 5.91 Å². The predicted octanol–water partition coefficient (Wildman–Crippen LogP) is 1.75. The van der Waals surface area contributed by atoms with E-state index in [1.165, 1.54) is 34.6 Å². The maximum Gasteiger partial charge on any atom is 0.280 e. The lowest BCUT2D eigenvalue weighted by molar-refractivity contribution is -0.896. The van der Waals surface area contributed by atoms with E-state index in [1.807, 2.05) is 0 Å². The molecule has 22 heavy (non-hydrogen) atoms. The fourth-order valence-corrected chi connectivity index (χ4v) is 4.96. The van der Waals surface area contributed by atoms with Crippen LogP contribution < -0.4 is 10.2 Å². The zero-order chi connectivity index (χ0) is 15.5. The number of likely N-dealkylation sites (tertiary alicyclic amines) is 1. The maximum atomic E-state index is 12.3. The zero-order valence-electron chi connectivity index (χ0n) is 13.2. The van der Waals surface area contributed by atoms with Gasteiger partial charge in [0.15, 0.2) is 6.54 Å². The smallest absolute Gasteiger partial charge is 0.280 e. The summed E-state index contributed by atoms with van der Waals surface area (Å²) in [5, 5.41) is 13.3. The monoisotopic (exact) mass is 318 g/mol. The molecule has 3 rings (SSSR count). The number of carbonyl (C=O) groups is 1. The number of fused-ring (bicyclic) bond motifs is 1. The van der Waals surface area contributed by atoms with E-state index in [9.17, 15) is 10.1 Å². The van der Waals surface area contributed by atoms with Gasteiger partial charge in [-0.3, -0.25) is 4.79 Å². The molecule has 0 radical (unpaired) electrons. The standard InChI is InChI=1S/C17H23N3OS/c1-12-5-6-13-14(10-18)17(22-15(13)9-12)19-16(21)11-20-7-3-2-4-8-20/h12H,2-9,11H2,1H3,(H,19,21)/p+1/t12-/m1/s1. The van der Waals surface area contributed by atoms with Crippen molar-refractivity contribution in [3.05, 3.63) is 16.0 Å². The van der Waals surface area contributed by atoms with Crippen molar-refractivity contribution in [1.82, 2.24) is 0 Å². The first-order valence-corrected chi connectivity index (χ1v) is 9.17. The molecule has 5 heteroatoms. The molecule has 4 nitrogen and oxygen atoms in total. The SMILES string of the molecule is C[C@@H]1CCc2c(sc(NC(=O)C[NH+]3CCCCC3)c2C#N)C1. The summed E-state index contributed by atoms with van der Waals surface area (Å²) in [6.45, 7) is 4.98. The van der Waals surface area contributed by atoms with Crippen LogP contribution >= 0.6 is 11.3 Å². The lowest BCUT2D eigenvalue weighted by Gasteiger charge is -2.22. The van der Waals surface area contributed by atoms with E-state index >= 15 is 0 Å². The number of amides is 1. The summed E-state index contributed by atoms with van der Waals surface area (Å²) in [5.74, 6) is 0.735. The number of nitriles is 1. The molecule has 118 valence electrons. The molecular formula is C17H24N3OS+. The second-order valence-corrected chi connectivity index (χ2v) is 7.81. The second kappa shape index (κ2) is 6.80. The molecule has 0 spiro atoms. The Kier molecular flexibility index (Phi) is 4.80. The Hall–Kier alpha value is -1.38. The van der Waals surface area contributed by atoms with Gasteiger partial charge < -0.3 is 10.2 Å². The number of nitrogens with one attached hydrogen (secondary N) is 2. The number of carbonyl (C=O) groups excluding carboxylic acids is 1. The average Bonchev–Trinajstić information content (AvgIpc) is 2.84. The molecule has 1 amide bonds. The number of quaternary nitrogens is 1. The number of hydrogen-bond acceptors (Lipinski definition) is 3. The summed E-state index contributed by atoms with van der Waals surface area (Å²) in [6, 6.07) is 2.32. The normalized spacial score (nSPS) is 21.9. The van der Waals surface area contributed by atoms with Crippen LogP contribution in [0.2, 0.25) is 0 Å². The maximum absolute atomic E-state index is 12.3. The van der Waals surface area contributed by atoms with Crippen molar-refractivity contribution in [2.45, 2.75) is 45.4 Å². The van der Waals surface area contributed by atoms with Gasteiger partial charge in [-0.15, -0.1) is 11.3 Å². The van der Waals surface area contributed by atoms with Crippen LogP contribution in [-0.4, -0.2) is 25.5 Å². The Morgan fingerprint density at radius 3 is 2.91 bits per heavy atom. The Balaban J connectivity index is 1.69. The molecule has 1 fully saturated rings. The summed E-state index contributed by atoms with van der Waals surface area (Å²) in [5.41, 5.74) is 1.90. The zero-order valence-corrected chi connectivity index (χ0v) is 14.0. The summed E-state index contributed by atoms with van der Waals surface area (Å²) in [7, 11) is 0. The third kappa shape index (κ3) is 3.34. The molecule has 1 atom stereocenters. The number of nitrogens with zero attached hydrogens (tertiary/aromatic N) is 1. The van der Waals surface area contributed by atoms with Crippen molar-refractivity contribution in [1.29, 1.82) is 5.26 Å². The highest BCUT2D eigenvalue weighted by Crippen LogP contribution is 2.39. The van der Waals surface area contributed by atoms with Crippen molar-refractivity contribution in [2.75, 3.05) is 25.0 Å². The third-order valence-electron chi connectivity index (χ3n) is 4.85. The van der Waals surface area contributed by atoms with Crippen molar-refractivity contribution < 1.29 is 9.69 Å². The van der Waals surface area contributed by atoms with Gasteiger partial charge in [0.2, 0.25) is 0 Å². The van der Waals surface area contributed by atoms with Gasteiger partial charge in [0.05, 0.1) is 18.7 Å². The van der Waals surface area contributed by atoms with Gasteiger partial charge >= 0.3 is 0 Å². The predicted molar refractivity (Wildman–Crippen MR) is 88.3 cm³/mol. The first-order valence-electron chi connectivity index (χ1n) is 8.35. The van der Waals surface area contributed by atoms with Crippen LogP contribution in [0.25, 0.3) is 0 Å². The van der Waals surface area contributed by atoms with E-state index in [1.54, 1.807) is 11.3 Å². The minimum atomic E-state index is 0.0556. The van der Waals surface area contributed by atoms with Crippen LogP contribution in [-0.2, 0) is 17.6 Å². The van der Waals surface area contributed by atoms with Crippen LogP contribution in [0.15, 0.2) is 0 Å². The van der Waals surface area contributed by atoms with E-state index < -0.39 is 0 Å². The number of thiophene rings is 1. The van der Waals surface area contributed by atoms with E-state index in [0.29, 0.717) is 18.0 Å². The molecule has 1 aliphatic carbocycles. The molecule has 0 bridgehead atoms. The molecule has 2 aliphatic rings. The molecule has 0 aromatic carbocycles. The Morgan fingerprint density at radius 2 is 2.18 bits per heavy atom. The van der Waals surface area contributed by atoms with E-state index in [0.717, 1.165) is 37.4 Å². The molecule has 2 heterocycles. The highest BCUT2D eigenvalue weighted by Gasteiger charge is 2.25. The number of hydrogen-bond donors (Lipinski definition) is 2. The third-order valence-corrected chi connectivity index (χ3v) is 6.02. The second-order valence-electron chi connectivity index (χ2n) is 6.70. The Bertz CT molecular complexity index is 596. The quantitative estimate of drug-likeness (QED) is 0.892. The van der Waals surface area contributed by atoms with Gasteiger partial charge in [-0.05, 0) is 50.0 Å². The summed E-state index contributed by atoms with van der Waals surface area (Å²) in [4.78, 5) is 15.0. The highest BCUT2D eigenvalue weighted by atomic mass is 32.1. The minimum absolute atomic E-state index is 0.0556. The van der Waals surface area contributed by atoms with Gasteiger partial charge in [0.1, 0.15) is 11.1 Å². The lowest BCUT2D eigenvalue weighted by atomic mass is 9.89. The summed E-state index contributed by atoms with van der Waals surface area (Å²) >= 11 is 1.62. The topological polar surface area (TPSA) is 57.3 Å². The Morgan fingerprint density at radius 1 is 1.41 bits per heavy atom. The van der Waals surface area contributed by atoms with Crippen molar-refractivity contribution in [3.63, 3.8) is 0 Å². The number of rotatable bonds is 3. The first kappa shape index (κ1) is 15.5. The number of piperidine rings is 1. The van der Waals surface area contributed by atoms with Crippen molar-refractivity contribution in [2.24, 2.45) is 5.92 Å². The number of anilines is 1. The minimum Gasteiger partial charge on any atom is -0.327 e. The molecule has 1 saturated heterocycles. The molecule has 0 unspecified atom stereocenters. The van der Waals surface area contributed by atoms with E-state index in [-0.39, 0.29) is 5.91 Å². The fourth-order valence-electron chi connectivity index (χ4n) is 3.58. The van der Waals surface area contributed by atoms with Crippen LogP contribution in [0.3, 0.4) is 0 Å². The van der Waals surface area contributed by atoms with Crippen molar-refractivity contribution in [3.8, 4) is 6.07 Å². The Labute approximate surface area is 136 Å². The van der Waals surface area contributed by atoms with Crippen molar-refractivity contribution >= 4 is 22.2 Å². The fraction of sp³-hybridized carbons (Fsp3) is 0.647. The largest absolute Gasteiger partial charge is 0.327 e. The molecule has 1 aliphatic heterocycles. The van der Waals surface area contributed by atoms with Gasteiger partial charge in [-0.1, -0.05) is 6.92 Å². The molecule has 1 aromatic rings. The van der Waals surface area contributed by atoms with Crippen LogP contribution in [0.5, 0.6) is 0 Å². The highest BCUT2D eigenvalue weighted by molar-refractivity contribution is 7.16. The van der Waals surface area contributed by atoms with E-state index in [2.05, 4.69) is 18.3 Å². The summed E-state index contributed by atoms with van der Waals surface area (Å²) in [6.07, 6.45) is 6.89. The van der Waals surface area contributed by atoms with Crippen LogP contribution in [0, 0.1) is 17.2 Å². The van der Waals surface area contributed by atoms with Crippen LogP contribution in [0.1, 0.15) is 48.6 Å². The first-order chi connectivity index (χ1) is 10.7. The van der Waals surface area contributed by atoms with Gasteiger partial charge in [0, 0.05) is 4.88 Å².